The predicted octanol–water partition coefficient (Wildman–Crippen LogP) is 4.55. The van der Waals surface area contributed by atoms with Crippen LogP contribution in [0.15, 0.2) is 65.9 Å². The molecule has 0 fully saturated rings. The fourth-order valence-corrected chi connectivity index (χ4v) is 4.62. The van der Waals surface area contributed by atoms with Gasteiger partial charge in [-0.2, -0.15) is 0 Å². The van der Waals surface area contributed by atoms with Crippen LogP contribution in [0, 0.1) is 13.8 Å². The Morgan fingerprint density at radius 3 is 2.40 bits per heavy atom. The molecule has 0 saturated carbocycles. The summed E-state index contributed by atoms with van der Waals surface area (Å²) in [4.78, 5) is 32.8. The van der Waals surface area contributed by atoms with E-state index in [4.69, 9.17) is 4.74 Å². The summed E-state index contributed by atoms with van der Waals surface area (Å²) in [5.41, 5.74) is 1.79. The van der Waals surface area contributed by atoms with Gasteiger partial charge in [-0.1, -0.05) is 36.4 Å². The van der Waals surface area contributed by atoms with Crippen LogP contribution in [0.4, 0.5) is 5.69 Å². The lowest BCUT2D eigenvalue weighted by atomic mass is 9.94. The zero-order valence-electron chi connectivity index (χ0n) is 16.7. The fraction of sp³-hybridized carbons (Fsp3) is 0.174. The number of aliphatic hydroxyl groups is 1. The number of anilines is 1. The Kier molecular flexibility index (Phi) is 5.13. The van der Waals surface area contributed by atoms with Crippen LogP contribution in [0.2, 0.25) is 0 Å². The summed E-state index contributed by atoms with van der Waals surface area (Å²) in [6, 6.07) is 15.3. The van der Waals surface area contributed by atoms with E-state index in [2.05, 4.69) is 4.98 Å². The Morgan fingerprint density at radius 1 is 1.10 bits per heavy atom. The minimum atomic E-state index is -0.828. The molecular weight excluding hydrogens is 400 g/mol. The van der Waals surface area contributed by atoms with Crippen molar-refractivity contribution in [1.29, 1.82) is 0 Å². The van der Waals surface area contributed by atoms with Gasteiger partial charge < -0.3 is 9.84 Å². The maximum absolute atomic E-state index is 13.5. The maximum atomic E-state index is 13.5. The highest BCUT2D eigenvalue weighted by Gasteiger charge is 2.46. The van der Waals surface area contributed by atoms with E-state index in [1.54, 1.807) is 43.3 Å². The maximum Gasteiger partial charge on any atom is 0.294 e. The summed E-state index contributed by atoms with van der Waals surface area (Å²) in [6.07, 6.45) is 0. The first-order chi connectivity index (χ1) is 14.4. The van der Waals surface area contributed by atoms with E-state index in [0.29, 0.717) is 27.6 Å². The van der Waals surface area contributed by atoms with Crippen molar-refractivity contribution in [1.82, 2.24) is 4.98 Å². The first-order valence-electron chi connectivity index (χ1n) is 9.37. The number of hydrogen-bond acceptors (Lipinski definition) is 6. The van der Waals surface area contributed by atoms with Gasteiger partial charge in [-0.05, 0) is 32.0 Å². The first-order valence-corrected chi connectivity index (χ1v) is 10.2. The van der Waals surface area contributed by atoms with Crippen molar-refractivity contribution in [2.24, 2.45) is 0 Å². The highest BCUT2D eigenvalue weighted by Crippen LogP contribution is 2.45. The number of aryl methyl sites for hydroxylation is 2. The number of aromatic nitrogens is 1. The normalized spacial score (nSPS) is 16.3. The number of rotatable bonds is 5. The third-order valence-corrected chi connectivity index (χ3v) is 6.10. The molecule has 30 heavy (non-hydrogen) atoms. The monoisotopic (exact) mass is 420 g/mol. The average molecular weight is 420 g/mol. The first kappa shape index (κ1) is 19.8. The Morgan fingerprint density at radius 2 is 1.77 bits per heavy atom. The van der Waals surface area contributed by atoms with Crippen molar-refractivity contribution in [2.45, 2.75) is 19.9 Å². The smallest absolute Gasteiger partial charge is 0.294 e. The lowest BCUT2D eigenvalue weighted by Crippen LogP contribution is -2.31. The van der Waals surface area contributed by atoms with Gasteiger partial charge in [0.25, 0.3) is 5.91 Å². The summed E-state index contributed by atoms with van der Waals surface area (Å²) in [7, 11) is 1.53. The van der Waals surface area contributed by atoms with Crippen LogP contribution in [0.1, 0.15) is 32.0 Å². The van der Waals surface area contributed by atoms with E-state index in [1.807, 2.05) is 25.1 Å². The van der Waals surface area contributed by atoms with Gasteiger partial charge in [-0.3, -0.25) is 14.5 Å². The number of ketones is 1. The zero-order valence-corrected chi connectivity index (χ0v) is 17.6. The van der Waals surface area contributed by atoms with Gasteiger partial charge in [0.2, 0.25) is 5.78 Å². The van der Waals surface area contributed by atoms with Gasteiger partial charge in [-0.15, -0.1) is 11.3 Å². The number of aliphatic hydroxyl groups excluding tert-OH is 1. The van der Waals surface area contributed by atoms with Gasteiger partial charge in [0, 0.05) is 11.3 Å². The molecule has 1 aromatic heterocycles. The topological polar surface area (TPSA) is 79.7 Å². The molecule has 0 spiro atoms. The van der Waals surface area contributed by atoms with Crippen LogP contribution in [0.25, 0.3) is 0 Å². The van der Waals surface area contributed by atoms with E-state index in [1.165, 1.54) is 23.3 Å². The Bertz CT molecular complexity index is 1170. The molecule has 6 nitrogen and oxygen atoms in total. The Hall–Kier alpha value is -3.45. The summed E-state index contributed by atoms with van der Waals surface area (Å²) in [6.45, 7) is 3.56. The Labute approximate surface area is 178 Å². The molecule has 0 bridgehead atoms. The molecule has 0 aliphatic carbocycles. The quantitative estimate of drug-likeness (QED) is 0.613. The molecule has 0 saturated heterocycles. The second kappa shape index (κ2) is 7.76. The lowest BCUT2D eigenvalue weighted by Gasteiger charge is -2.28. The van der Waals surface area contributed by atoms with Crippen molar-refractivity contribution in [3.63, 3.8) is 0 Å². The van der Waals surface area contributed by atoms with Gasteiger partial charge in [-0.25, -0.2) is 4.98 Å². The Balaban J connectivity index is 1.93. The molecule has 0 radical (unpaired) electrons. The van der Waals surface area contributed by atoms with Gasteiger partial charge in [0.05, 0.1) is 34.3 Å². The van der Waals surface area contributed by atoms with E-state index >= 15 is 0 Å². The lowest BCUT2D eigenvalue weighted by molar-refractivity contribution is -0.117. The third kappa shape index (κ3) is 3.17. The minimum absolute atomic E-state index is 0.0279. The number of amides is 1. The van der Waals surface area contributed by atoms with Crippen molar-refractivity contribution >= 4 is 28.7 Å². The molecule has 1 aliphatic heterocycles. The summed E-state index contributed by atoms with van der Waals surface area (Å²) < 4.78 is 5.51. The molecule has 7 heteroatoms. The molecule has 152 valence electrons. The molecule has 4 rings (SSSR count). The summed E-state index contributed by atoms with van der Waals surface area (Å²) in [5, 5.41) is 11.6. The molecule has 1 atom stereocenters. The van der Waals surface area contributed by atoms with E-state index < -0.39 is 23.5 Å². The van der Waals surface area contributed by atoms with E-state index in [9.17, 15) is 14.7 Å². The molecule has 1 N–H and O–H groups in total. The molecule has 1 unspecified atom stereocenters. The SMILES string of the molecule is COc1ccccc1C1C(C(=O)c2sc(C)nc2C)=C(O)C(=O)N1c1ccccc1. The van der Waals surface area contributed by atoms with Crippen LogP contribution in [-0.2, 0) is 4.79 Å². The van der Waals surface area contributed by atoms with Crippen LogP contribution in [0.3, 0.4) is 0 Å². The van der Waals surface area contributed by atoms with Crippen molar-refractivity contribution in [2.75, 3.05) is 12.0 Å². The highest BCUT2D eigenvalue weighted by atomic mass is 32.1. The number of carbonyl (C=O) groups is 2. The molecule has 2 aromatic carbocycles. The van der Waals surface area contributed by atoms with Gasteiger partial charge >= 0.3 is 0 Å². The summed E-state index contributed by atoms with van der Waals surface area (Å²) in [5.74, 6) is -1.06. The number of methoxy groups -OCH3 is 1. The van der Waals surface area contributed by atoms with Gasteiger partial charge in [0.15, 0.2) is 5.76 Å². The molecular formula is C23H20N2O4S. The number of para-hydroxylation sites is 2. The molecule has 1 aliphatic rings. The number of nitrogens with zero attached hydrogens (tertiary/aromatic N) is 2. The summed E-state index contributed by atoms with van der Waals surface area (Å²) >= 11 is 1.25. The number of carbonyl (C=O) groups excluding carboxylic acids is 2. The predicted molar refractivity (Wildman–Crippen MR) is 115 cm³/mol. The fourth-order valence-electron chi connectivity index (χ4n) is 3.74. The van der Waals surface area contributed by atoms with Crippen molar-refractivity contribution in [3.8, 4) is 5.75 Å². The van der Waals surface area contributed by atoms with E-state index in [-0.39, 0.29) is 5.57 Å². The molecule has 3 aromatic rings. The number of thiazole rings is 1. The van der Waals surface area contributed by atoms with Crippen molar-refractivity contribution < 1.29 is 19.4 Å². The largest absolute Gasteiger partial charge is 0.503 e. The number of hydrogen-bond donors (Lipinski definition) is 1. The number of Topliss-reactive ketones (excluding diaryl/α,β-unsaturated/α-hetero) is 1. The van der Waals surface area contributed by atoms with Crippen molar-refractivity contribution in [3.05, 3.63) is 87.1 Å². The molecule has 1 amide bonds. The number of benzene rings is 2. The van der Waals surface area contributed by atoms with Gasteiger partial charge in [0.1, 0.15) is 5.75 Å². The van der Waals surface area contributed by atoms with Crippen LogP contribution < -0.4 is 9.64 Å². The second-order valence-corrected chi connectivity index (χ2v) is 8.10. The van der Waals surface area contributed by atoms with Crippen LogP contribution in [0.5, 0.6) is 5.75 Å². The average Bonchev–Trinajstić information content (AvgIpc) is 3.23. The molecule has 2 heterocycles. The zero-order chi connectivity index (χ0) is 21.4. The second-order valence-electron chi connectivity index (χ2n) is 6.89. The van der Waals surface area contributed by atoms with E-state index in [0.717, 1.165) is 5.01 Å². The highest BCUT2D eigenvalue weighted by molar-refractivity contribution is 7.14. The number of ether oxygens (including phenoxy) is 1. The third-order valence-electron chi connectivity index (χ3n) is 5.03. The van der Waals surface area contributed by atoms with Crippen LogP contribution >= 0.6 is 11.3 Å². The minimum Gasteiger partial charge on any atom is -0.503 e. The standard InChI is InChI=1S/C23H20N2O4S/c1-13-22(30-14(2)24-13)20(26)18-19(16-11-7-8-12-17(16)29-3)25(23(28)21(18)27)15-9-5-4-6-10-15/h4-12,19,27H,1-3H3. The van der Waals surface area contributed by atoms with Crippen LogP contribution in [-0.4, -0.2) is 28.9 Å².